The minimum absolute atomic E-state index is 0.0620. The summed E-state index contributed by atoms with van der Waals surface area (Å²) in [7, 11) is -3.88. The minimum atomic E-state index is -3.88. The second-order valence-electron chi connectivity index (χ2n) is 7.68. The molecule has 8 heteroatoms. The molecule has 32 heavy (non-hydrogen) atoms. The van der Waals surface area contributed by atoms with Gasteiger partial charge in [-0.1, -0.05) is 24.3 Å². The molecular formula is C24H22N2O5S. The molecule has 0 aliphatic carbocycles. The van der Waals surface area contributed by atoms with Crippen LogP contribution in [0.2, 0.25) is 0 Å². The predicted octanol–water partition coefficient (Wildman–Crippen LogP) is 3.85. The molecule has 2 aliphatic heterocycles. The van der Waals surface area contributed by atoms with E-state index in [1.54, 1.807) is 35.2 Å². The van der Waals surface area contributed by atoms with Gasteiger partial charge in [-0.05, 0) is 48.4 Å². The van der Waals surface area contributed by atoms with E-state index in [1.165, 1.54) is 12.1 Å². The molecule has 0 aromatic heterocycles. The maximum atomic E-state index is 13.1. The van der Waals surface area contributed by atoms with Gasteiger partial charge in [0.1, 0.15) is 0 Å². The van der Waals surface area contributed by atoms with Gasteiger partial charge >= 0.3 is 0 Å². The van der Waals surface area contributed by atoms with Gasteiger partial charge in [-0.25, -0.2) is 8.42 Å². The number of hydrogen-bond acceptors (Lipinski definition) is 5. The van der Waals surface area contributed by atoms with Gasteiger partial charge in [0.05, 0.1) is 18.1 Å². The highest BCUT2D eigenvalue weighted by molar-refractivity contribution is 7.92. The van der Waals surface area contributed by atoms with Crippen molar-refractivity contribution < 1.29 is 22.7 Å². The van der Waals surface area contributed by atoms with E-state index in [9.17, 15) is 13.2 Å². The molecule has 0 saturated heterocycles. The molecule has 1 N–H and O–H groups in total. The summed E-state index contributed by atoms with van der Waals surface area (Å²) < 4.78 is 39.7. The first-order valence-electron chi connectivity index (χ1n) is 10.4. The molecule has 0 saturated carbocycles. The second kappa shape index (κ2) is 8.20. The maximum Gasteiger partial charge on any atom is 0.262 e. The monoisotopic (exact) mass is 450 g/mol. The van der Waals surface area contributed by atoms with Crippen molar-refractivity contribution in [2.24, 2.45) is 0 Å². The third-order valence-electron chi connectivity index (χ3n) is 5.52. The maximum absolute atomic E-state index is 13.1. The van der Waals surface area contributed by atoms with Crippen molar-refractivity contribution in [3.05, 3.63) is 77.9 Å². The molecule has 0 radical (unpaired) electrons. The molecule has 5 rings (SSSR count). The number of para-hydroxylation sites is 1. The number of amides is 1. The lowest BCUT2D eigenvalue weighted by atomic mass is 10.1. The number of benzene rings is 3. The highest BCUT2D eigenvalue weighted by atomic mass is 32.2. The SMILES string of the molecule is O=C(c1cccc(NS(=O)(=O)c2ccc3c(c2)OCCCO3)c1)N1CCc2ccccc21. The van der Waals surface area contributed by atoms with Crippen molar-refractivity contribution in [2.75, 3.05) is 29.4 Å². The van der Waals surface area contributed by atoms with Crippen LogP contribution in [0.1, 0.15) is 22.3 Å². The van der Waals surface area contributed by atoms with Crippen LogP contribution in [0.25, 0.3) is 0 Å². The van der Waals surface area contributed by atoms with Crippen LogP contribution < -0.4 is 19.1 Å². The van der Waals surface area contributed by atoms with Gasteiger partial charge in [-0.2, -0.15) is 0 Å². The molecule has 2 heterocycles. The van der Waals surface area contributed by atoms with Crippen LogP contribution in [-0.2, 0) is 16.4 Å². The topological polar surface area (TPSA) is 84.9 Å². The van der Waals surface area contributed by atoms with Crippen molar-refractivity contribution in [2.45, 2.75) is 17.7 Å². The first-order valence-corrected chi connectivity index (χ1v) is 11.9. The summed E-state index contributed by atoms with van der Waals surface area (Å²) in [5.74, 6) is 0.772. The summed E-state index contributed by atoms with van der Waals surface area (Å²) in [4.78, 5) is 14.9. The van der Waals surface area contributed by atoms with E-state index in [4.69, 9.17) is 9.47 Å². The Labute approximate surface area is 186 Å². The van der Waals surface area contributed by atoms with Crippen molar-refractivity contribution in [3.63, 3.8) is 0 Å². The van der Waals surface area contributed by atoms with Gasteiger partial charge in [0, 0.05) is 36.0 Å². The smallest absolute Gasteiger partial charge is 0.262 e. The molecule has 0 spiro atoms. The van der Waals surface area contributed by atoms with Crippen LogP contribution in [0.3, 0.4) is 0 Å². The zero-order chi connectivity index (χ0) is 22.1. The highest BCUT2D eigenvalue weighted by Gasteiger charge is 2.26. The van der Waals surface area contributed by atoms with Crippen molar-refractivity contribution in [1.82, 2.24) is 0 Å². The summed E-state index contributed by atoms with van der Waals surface area (Å²) in [5.41, 5.74) is 2.76. The van der Waals surface area contributed by atoms with Gasteiger partial charge in [-0.15, -0.1) is 0 Å². The number of sulfonamides is 1. The van der Waals surface area contributed by atoms with Crippen LogP contribution in [-0.4, -0.2) is 34.1 Å². The summed E-state index contributed by atoms with van der Waals surface area (Å²) in [5, 5.41) is 0. The Morgan fingerprint density at radius 3 is 2.59 bits per heavy atom. The number of rotatable bonds is 4. The third-order valence-corrected chi connectivity index (χ3v) is 6.90. The molecular weight excluding hydrogens is 428 g/mol. The van der Waals surface area contributed by atoms with Crippen LogP contribution in [0.15, 0.2) is 71.6 Å². The number of anilines is 2. The Morgan fingerprint density at radius 2 is 1.72 bits per heavy atom. The number of carbonyl (C=O) groups excluding carboxylic acids is 1. The Kier molecular flexibility index (Phi) is 5.22. The summed E-state index contributed by atoms with van der Waals surface area (Å²) in [6, 6.07) is 18.9. The Morgan fingerprint density at radius 1 is 0.906 bits per heavy atom. The molecule has 3 aromatic carbocycles. The van der Waals surface area contributed by atoms with Crippen LogP contribution >= 0.6 is 0 Å². The van der Waals surface area contributed by atoms with Crippen LogP contribution in [0, 0.1) is 0 Å². The highest BCUT2D eigenvalue weighted by Crippen LogP contribution is 2.33. The summed E-state index contributed by atoms with van der Waals surface area (Å²) in [6.07, 6.45) is 1.54. The van der Waals surface area contributed by atoms with Crippen LogP contribution in [0.5, 0.6) is 11.5 Å². The van der Waals surface area contributed by atoms with Crippen molar-refractivity contribution >= 4 is 27.3 Å². The largest absolute Gasteiger partial charge is 0.490 e. The second-order valence-corrected chi connectivity index (χ2v) is 9.36. The first-order chi connectivity index (χ1) is 15.5. The van der Waals surface area contributed by atoms with E-state index in [2.05, 4.69) is 4.72 Å². The average molecular weight is 451 g/mol. The van der Waals surface area contributed by atoms with Crippen LogP contribution in [0.4, 0.5) is 11.4 Å². The molecule has 7 nitrogen and oxygen atoms in total. The number of nitrogens with zero attached hydrogens (tertiary/aromatic N) is 1. The third kappa shape index (κ3) is 3.89. The normalized spacial score (nSPS) is 15.1. The quantitative estimate of drug-likeness (QED) is 0.653. The standard InChI is InChI=1S/C24H22N2O5S/c27-24(26-12-11-17-5-1-2-8-21(17)26)18-6-3-7-19(15-18)25-32(28,29)20-9-10-22-23(16-20)31-14-4-13-30-22/h1-3,5-10,15-16,25H,4,11-14H2. The van der Waals surface area contributed by atoms with Gasteiger partial charge in [0.25, 0.3) is 15.9 Å². The minimum Gasteiger partial charge on any atom is -0.490 e. The van der Waals surface area contributed by atoms with E-state index >= 15 is 0 Å². The number of carbonyl (C=O) groups is 1. The molecule has 1 amide bonds. The zero-order valence-electron chi connectivity index (χ0n) is 17.3. The molecule has 3 aromatic rings. The van der Waals surface area contributed by atoms with Crippen molar-refractivity contribution in [3.8, 4) is 11.5 Å². The lowest BCUT2D eigenvalue weighted by molar-refractivity contribution is 0.0989. The first kappa shape index (κ1) is 20.4. The lowest BCUT2D eigenvalue weighted by Crippen LogP contribution is -2.28. The van der Waals surface area contributed by atoms with E-state index in [1.807, 2.05) is 24.3 Å². The summed E-state index contributed by atoms with van der Waals surface area (Å²) >= 11 is 0. The number of hydrogen-bond donors (Lipinski definition) is 1. The van der Waals surface area contributed by atoms with E-state index < -0.39 is 10.0 Å². The molecule has 0 atom stereocenters. The number of nitrogens with one attached hydrogen (secondary N) is 1. The van der Waals surface area contributed by atoms with E-state index in [0.29, 0.717) is 42.5 Å². The average Bonchev–Trinajstić information content (AvgIpc) is 3.08. The summed E-state index contributed by atoms with van der Waals surface area (Å²) in [6.45, 7) is 1.60. The van der Waals surface area contributed by atoms with Gasteiger partial charge in [-0.3, -0.25) is 9.52 Å². The van der Waals surface area contributed by atoms with E-state index in [0.717, 1.165) is 24.1 Å². The molecule has 164 valence electrons. The molecule has 0 bridgehead atoms. The van der Waals surface area contributed by atoms with Gasteiger partial charge in [0.15, 0.2) is 11.5 Å². The predicted molar refractivity (Wildman–Crippen MR) is 121 cm³/mol. The fourth-order valence-corrected chi connectivity index (χ4v) is 5.01. The van der Waals surface area contributed by atoms with Gasteiger partial charge < -0.3 is 14.4 Å². The van der Waals surface area contributed by atoms with Gasteiger partial charge in [0.2, 0.25) is 0 Å². The Bertz CT molecular complexity index is 1290. The Hall–Kier alpha value is -3.52. The Balaban J connectivity index is 1.38. The molecule has 0 unspecified atom stereocenters. The molecule has 0 fully saturated rings. The lowest BCUT2D eigenvalue weighted by Gasteiger charge is -2.18. The van der Waals surface area contributed by atoms with Crippen molar-refractivity contribution in [1.29, 1.82) is 0 Å². The fraction of sp³-hybridized carbons (Fsp3) is 0.208. The zero-order valence-corrected chi connectivity index (χ0v) is 18.1. The fourth-order valence-electron chi connectivity index (χ4n) is 3.95. The number of fused-ring (bicyclic) bond motifs is 2. The van der Waals surface area contributed by atoms with E-state index in [-0.39, 0.29) is 10.8 Å². The number of ether oxygens (including phenoxy) is 2. The molecule has 2 aliphatic rings.